The summed E-state index contributed by atoms with van der Waals surface area (Å²) in [7, 11) is 0. The van der Waals surface area contributed by atoms with E-state index in [1.807, 2.05) is 26.8 Å². The molecule has 88 valence electrons. The van der Waals surface area contributed by atoms with E-state index in [1.165, 1.54) is 0 Å². The number of hydrogen-bond donors (Lipinski definition) is 1. The molecule has 2 N–H and O–H groups in total. The van der Waals surface area contributed by atoms with Crippen molar-refractivity contribution in [3.63, 3.8) is 0 Å². The molecule has 0 aromatic carbocycles. The third-order valence-corrected chi connectivity index (χ3v) is 3.93. The summed E-state index contributed by atoms with van der Waals surface area (Å²) < 4.78 is 11.8. The van der Waals surface area contributed by atoms with Crippen LogP contribution in [0.25, 0.3) is 21.5 Å². The van der Waals surface area contributed by atoms with Crippen LogP contribution in [0.15, 0.2) is 15.0 Å². The molecule has 0 aliphatic rings. The van der Waals surface area contributed by atoms with Crippen molar-refractivity contribution in [2.24, 2.45) is 0 Å². The summed E-state index contributed by atoms with van der Waals surface area (Å²) in [5.41, 5.74) is 9.08. The highest BCUT2D eigenvalue weighted by atomic mass is 32.1. The largest absolute Gasteiger partial charge is 0.466 e. The van der Waals surface area contributed by atoms with E-state index in [0.717, 1.165) is 32.4 Å². The van der Waals surface area contributed by atoms with Gasteiger partial charge < -0.3 is 14.7 Å². The van der Waals surface area contributed by atoms with Gasteiger partial charge in [0.05, 0.1) is 5.69 Å². The van der Waals surface area contributed by atoms with Crippen molar-refractivity contribution in [1.82, 2.24) is 5.16 Å². The van der Waals surface area contributed by atoms with Gasteiger partial charge in [0, 0.05) is 10.4 Å². The van der Waals surface area contributed by atoms with Gasteiger partial charge in [-0.25, -0.2) is 0 Å². The maximum Gasteiger partial charge on any atom is 0.201 e. The number of nitrogens with zero attached hydrogens (tertiary/aromatic N) is 1. The van der Waals surface area contributed by atoms with Crippen LogP contribution in [0, 0.1) is 20.8 Å². The Morgan fingerprint density at radius 3 is 2.71 bits per heavy atom. The third-order valence-electron chi connectivity index (χ3n) is 2.82. The first-order valence-electron chi connectivity index (χ1n) is 5.29. The van der Waals surface area contributed by atoms with Crippen molar-refractivity contribution in [1.29, 1.82) is 0 Å². The lowest BCUT2D eigenvalue weighted by Gasteiger charge is -1.90. The van der Waals surface area contributed by atoms with E-state index in [2.05, 4.69) is 5.16 Å². The zero-order valence-corrected chi connectivity index (χ0v) is 10.6. The van der Waals surface area contributed by atoms with Gasteiger partial charge in [-0.15, -0.1) is 11.3 Å². The maximum absolute atomic E-state index is 5.93. The summed E-state index contributed by atoms with van der Waals surface area (Å²) in [6.07, 6.45) is 0. The van der Waals surface area contributed by atoms with Crippen LogP contribution in [0.2, 0.25) is 0 Å². The zero-order valence-electron chi connectivity index (χ0n) is 9.83. The Kier molecular flexibility index (Phi) is 2.06. The molecule has 3 aromatic heterocycles. The smallest absolute Gasteiger partial charge is 0.201 e. The second-order valence-corrected chi connectivity index (χ2v) is 5.31. The Balaban J connectivity index is 2.31. The van der Waals surface area contributed by atoms with Crippen LogP contribution in [0.3, 0.4) is 0 Å². The highest BCUT2D eigenvalue weighted by Crippen LogP contribution is 2.40. The highest BCUT2D eigenvalue weighted by Gasteiger charge is 2.20. The second kappa shape index (κ2) is 3.37. The molecule has 0 fully saturated rings. The number of furan rings is 1. The van der Waals surface area contributed by atoms with E-state index in [0.29, 0.717) is 11.3 Å². The Bertz CT molecular complexity index is 706. The van der Waals surface area contributed by atoms with Gasteiger partial charge in [0.25, 0.3) is 0 Å². The Morgan fingerprint density at radius 1 is 1.29 bits per heavy atom. The molecule has 4 nitrogen and oxygen atoms in total. The maximum atomic E-state index is 5.93. The van der Waals surface area contributed by atoms with Crippen LogP contribution in [0.4, 0.5) is 5.69 Å². The van der Waals surface area contributed by atoms with E-state index in [1.54, 1.807) is 11.3 Å². The normalized spacial score (nSPS) is 11.5. The van der Waals surface area contributed by atoms with Gasteiger partial charge in [0.2, 0.25) is 5.58 Å². The molecule has 0 aliphatic heterocycles. The summed E-state index contributed by atoms with van der Waals surface area (Å²) in [6.45, 7) is 5.82. The van der Waals surface area contributed by atoms with Gasteiger partial charge >= 0.3 is 0 Å². The Labute approximate surface area is 102 Å². The molecule has 3 rings (SSSR count). The minimum absolute atomic E-state index is 0.681. The van der Waals surface area contributed by atoms with Crippen molar-refractivity contribution in [2.75, 3.05) is 5.73 Å². The molecule has 0 amide bonds. The van der Waals surface area contributed by atoms with Crippen molar-refractivity contribution < 1.29 is 8.94 Å². The van der Waals surface area contributed by atoms with Crippen LogP contribution in [-0.2, 0) is 0 Å². The highest BCUT2D eigenvalue weighted by molar-refractivity contribution is 7.20. The average Bonchev–Trinajstić information content (AvgIpc) is 2.87. The lowest BCUT2D eigenvalue weighted by Crippen LogP contribution is -1.81. The molecule has 0 saturated heterocycles. The molecule has 0 saturated carbocycles. The molecule has 0 radical (unpaired) electrons. The molecule has 0 unspecified atom stereocenters. The number of fused-ring (bicyclic) bond motifs is 1. The Morgan fingerprint density at radius 2 is 2.06 bits per heavy atom. The van der Waals surface area contributed by atoms with E-state index in [4.69, 9.17) is 14.7 Å². The van der Waals surface area contributed by atoms with Gasteiger partial charge in [-0.3, -0.25) is 0 Å². The molecular formula is C12H12N2O2S. The molecule has 0 atom stereocenters. The SMILES string of the molecule is Cc1cc(-c2noc3c(N)c(C)sc23)c(C)o1. The molecule has 3 heterocycles. The standard InChI is InChI=1S/C12H12N2O2S/c1-5-4-8(6(2)15-5)10-12-11(16-14-10)9(13)7(3)17-12/h4H,13H2,1-3H3. The van der Waals surface area contributed by atoms with Crippen LogP contribution < -0.4 is 5.73 Å². The van der Waals surface area contributed by atoms with Crippen molar-refractivity contribution in [3.8, 4) is 11.3 Å². The number of rotatable bonds is 1. The van der Waals surface area contributed by atoms with E-state index < -0.39 is 0 Å². The van der Waals surface area contributed by atoms with Gasteiger partial charge in [-0.2, -0.15) is 0 Å². The monoisotopic (exact) mass is 248 g/mol. The van der Waals surface area contributed by atoms with Gasteiger partial charge in [0.1, 0.15) is 21.9 Å². The van der Waals surface area contributed by atoms with Crippen molar-refractivity contribution in [2.45, 2.75) is 20.8 Å². The molecule has 3 aromatic rings. The second-order valence-electron chi connectivity index (χ2n) is 4.09. The fourth-order valence-electron chi connectivity index (χ4n) is 1.95. The number of aryl methyl sites for hydroxylation is 3. The Hall–Kier alpha value is -1.75. The summed E-state index contributed by atoms with van der Waals surface area (Å²) in [5.74, 6) is 1.72. The first-order valence-corrected chi connectivity index (χ1v) is 6.11. The first-order chi connectivity index (χ1) is 8.08. The lowest BCUT2D eigenvalue weighted by atomic mass is 10.2. The average molecular weight is 248 g/mol. The molecular weight excluding hydrogens is 236 g/mol. The van der Waals surface area contributed by atoms with E-state index in [-0.39, 0.29) is 0 Å². The molecule has 5 heteroatoms. The molecule has 17 heavy (non-hydrogen) atoms. The zero-order chi connectivity index (χ0) is 12.2. The molecule has 0 spiro atoms. The number of aromatic nitrogens is 1. The van der Waals surface area contributed by atoms with Crippen LogP contribution in [0.1, 0.15) is 16.4 Å². The van der Waals surface area contributed by atoms with Crippen molar-refractivity contribution >= 4 is 27.3 Å². The molecule has 0 aliphatic carbocycles. The van der Waals surface area contributed by atoms with Crippen LogP contribution >= 0.6 is 11.3 Å². The van der Waals surface area contributed by atoms with Gasteiger partial charge in [0.15, 0.2) is 0 Å². The fraction of sp³-hybridized carbons (Fsp3) is 0.250. The van der Waals surface area contributed by atoms with E-state index >= 15 is 0 Å². The summed E-state index contributed by atoms with van der Waals surface area (Å²) in [6, 6.07) is 1.97. The predicted octanol–water partition coefficient (Wildman–Crippen LogP) is 3.66. The number of hydrogen-bond acceptors (Lipinski definition) is 5. The van der Waals surface area contributed by atoms with Crippen LogP contribution in [0.5, 0.6) is 0 Å². The van der Waals surface area contributed by atoms with E-state index in [9.17, 15) is 0 Å². The first kappa shape index (κ1) is 10.4. The van der Waals surface area contributed by atoms with Crippen molar-refractivity contribution in [3.05, 3.63) is 22.5 Å². The molecule has 0 bridgehead atoms. The number of nitrogens with two attached hydrogens (primary N) is 1. The minimum atomic E-state index is 0.681. The number of thiophene rings is 1. The number of anilines is 1. The quantitative estimate of drug-likeness (QED) is 0.713. The predicted molar refractivity (Wildman–Crippen MR) is 68.2 cm³/mol. The van der Waals surface area contributed by atoms with Gasteiger partial charge in [-0.05, 0) is 26.8 Å². The summed E-state index contributed by atoms with van der Waals surface area (Å²) in [4.78, 5) is 1.06. The lowest BCUT2D eigenvalue weighted by molar-refractivity contribution is 0.459. The topological polar surface area (TPSA) is 65.2 Å². The number of nitrogen functional groups attached to an aromatic ring is 1. The summed E-state index contributed by atoms with van der Waals surface area (Å²) >= 11 is 1.60. The van der Waals surface area contributed by atoms with Crippen LogP contribution in [-0.4, -0.2) is 5.16 Å². The third kappa shape index (κ3) is 1.39. The van der Waals surface area contributed by atoms with Gasteiger partial charge in [-0.1, -0.05) is 5.16 Å². The minimum Gasteiger partial charge on any atom is -0.466 e. The summed E-state index contributed by atoms with van der Waals surface area (Å²) in [5, 5.41) is 4.10. The fourth-order valence-corrected chi connectivity index (χ4v) is 2.95.